The van der Waals surface area contributed by atoms with Gasteiger partial charge in [-0.15, -0.1) is 0 Å². The van der Waals surface area contributed by atoms with Crippen LogP contribution in [0.1, 0.15) is 24.1 Å². The first kappa shape index (κ1) is 15.2. The molecule has 0 aliphatic carbocycles. The fraction of sp³-hybridized carbons (Fsp3) is 0.294. The Morgan fingerprint density at radius 3 is 2.48 bits per heavy atom. The van der Waals surface area contributed by atoms with Crippen molar-refractivity contribution < 1.29 is 14.9 Å². The zero-order chi connectivity index (χ0) is 15.2. The van der Waals surface area contributed by atoms with E-state index in [4.69, 9.17) is 9.84 Å². The van der Waals surface area contributed by atoms with E-state index in [9.17, 15) is 5.11 Å². The van der Waals surface area contributed by atoms with Crippen molar-refractivity contribution in [3.8, 4) is 11.5 Å². The number of benzene rings is 2. The van der Waals surface area contributed by atoms with Crippen LogP contribution in [0.4, 0.5) is 5.69 Å². The van der Waals surface area contributed by atoms with Gasteiger partial charge >= 0.3 is 0 Å². The van der Waals surface area contributed by atoms with Crippen LogP contribution in [0.3, 0.4) is 0 Å². The molecule has 4 heteroatoms. The molecule has 0 saturated carbocycles. The number of ether oxygens (including phenoxy) is 1. The van der Waals surface area contributed by atoms with Gasteiger partial charge in [0.05, 0.1) is 7.11 Å². The van der Waals surface area contributed by atoms with Crippen molar-refractivity contribution >= 4 is 5.69 Å². The van der Waals surface area contributed by atoms with E-state index in [0.29, 0.717) is 12.2 Å². The second kappa shape index (κ2) is 6.99. The second-order valence-electron chi connectivity index (χ2n) is 4.97. The average molecular weight is 287 g/mol. The molecule has 0 radical (unpaired) electrons. The van der Waals surface area contributed by atoms with Crippen LogP contribution in [0.25, 0.3) is 0 Å². The number of methoxy groups -OCH3 is 1. The minimum atomic E-state index is 0.0863. The molecule has 2 rings (SSSR count). The SMILES string of the molecule is COc1cc(C(C)Nc2ccc(CCO)cc2)ccc1O. The number of nitrogens with one attached hydrogen (secondary N) is 1. The number of hydrogen-bond donors (Lipinski definition) is 3. The third-order valence-electron chi connectivity index (χ3n) is 3.44. The molecule has 0 heterocycles. The Kier molecular flexibility index (Phi) is 5.06. The van der Waals surface area contributed by atoms with E-state index < -0.39 is 0 Å². The number of rotatable bonds is 6. The summed E-state index contributed by atoms with van der Waals surface area (Å²) >= 11 is 0. The van der Waals surface area contributed by atoms with Crippen LogP contribution in [-0.4, -0.2) is 23.9 Å². The van der Waals surface area contributed by atoms with Gasteiger partial charge in [-0.3, -0.25) is 0 Å². The van der Waals surface area contributed by atoms with Gasteiger partial charge in [-0.25, -0.2) is 0 Å². The molecule has 0 amide bonds. The van der Waals surface area contributed by atoms with Gasteiger partial charge in [-0.2, -0.15) is 0 Å². The molecule has 0 aliphatic heterocycles. The van der Waals surface area contributed by atoms with E-state index in [2.05, 4.69) is 5.32 Å². The van der Waals surface area contributed by atoms with Crippen molar-refractivity contribution in [2.24, 2.45) is 0 Å². The molecular formula is C17H21NO3. The van der Waals surface area contributed by atoms with Crippen LogP contribution in [0.2, 0.25) is 0 Å². The molecule has 0 aromatic heterocycles. The molecular weight excluding hydrogens is 266 g/mol. The molecule has 3 N–H and O–H groups in total. The highest BCUT2D eigenvalue weighted by Gasteiger charge is 2.09. The Labute approximate surface area is 125 Å². The molecule has 0 bridgehead atoms. The summed E-state index contributed by atoms with van der Waals surface area (Å²) in [4.78, 5) is 0. The summed E-state index contributed by atoms with van der Waals surface area (Å²) in [6.45, 7) is 2.21. The molecule has 0 aliphatic rings. The quantitative estimate of drug-likeness (QED) is 0.764. The van der Waals surface area contributed by atoms with Gasteiger partial charge in [-0.05, 0) is 48.7 Å². The molecule has 0 fully saturated rings. The van der Waals surface area contributed by atoms with E-state index in [1.165, 1.54) is 7.11 Å². The normalized spacial score (nSPS) is 12.0. The molecule has 2 aromatic rings. The fourth-order valence-corrected chi connectivity index (χ4v) is 2.19. The lowest BCUT2D eigenvalue weighted by Gasteiger charge is -2.17. The smallest absolute Gasteiger partial charge is 0.160 e. The molecule has 1 atom stereocenters. The van der Waals surface area contributed by atoms with Crippen molar-refractivity contribution in [3.05, 3.63) is 53.6 Å². The molecule has 2 aromatic carbocycles. The summed E-state index contributed by atoms with van der Waals surface area (Å²) in [5, 5.41) is 21.9. The van der Waals surface area contributed by atoms with Gasteiger partial charge in [0.2, 0.25) is 0 Å². The Hall–Kier alpha value is -2.20. The van der Waals surface area contributed by atoms with Crippen LogP contribution in [0, 0.1) is 0 Å². The van der Waals surface area contributed by atoms with E-state index >= 15 is 0 Å². The fourth-order valence-electron chi connectivity index (χ4n) is 2.19. The first-order valence-corrected chi connectivity index (χ1v) is 6.97. The van der Waals surface area contributed by atoms with Crippen molar-refractivity contribution in [1.29, 1.82) is 0 Å². The van der Waals surface area contributed by atoms with Crippen molar-refractivity contribution in [2.75, 3.05) is 19.0 Å². The Bertz CT molecular complexity index is 581. The summed E-state index contributed by atoms with van der Waals surface area (Å²) in [5.41, 5.74) is 3.15. The molecule has 1 unspecified atom stereocenters. The maximum atomic E-state index is 9.62. The van der Waals surface area contributed by atoms with Gasteiger partial charge in [0, 0.05) is 18.3 Å². The van der Waals surface area contributed by atoms with Gasteiger partial charge < -0.3 is 20.3 Å². The Balaban J connectivity index is 2.08. The lowest BCUT2D eigenvalue weighted by molar-refractivity contribution is 0.299. The number of phenols is 1. The first-order chi connectivity index (χ1) is 10.1. The first-order valence-electron chi connectivity index (χ1n) is 6.97. The lowest BCUT2D eigenvalue weighted by atomic mass is 10.1. The monoisotopic (exact) mass is 287 g/mol. The summed E-state index contributed by atoms with van der Waals surface area (Å²) in [6, 6.07) is 13.4. The highest BCUT2D eigenvalue weighted by Crippen LogP contribution is 2.30. The van der Waals surface area contributed by atoms with Gasteiger partial charge in [0.25, 0.3) is 0 Å². The third-order valence-corrected chi connectivity index (χ3v) is 3.44. The predicted molar refractivity (Wildman–Crippen MR) is 83.9 cm³/mol. The van der Waals surface area contributed by atoms with E-state index in [0.717, 1.165) is 16.8 Å². The number of hydrogen-bond acceptors (Lipinski definition) is 4. The summed E-state index contributed by atoms with van der Waals surface area (Å²) in [7, 11) is 1.54. The number of phenolic OH excluding ortho intramolecular Hbond substituents is 1. The minimum Gasteiger partial charge on any atom is -0.504 e. The summed E-state index contributed by atoms with van der Waals surface area (Å²) < 4.78 is 5.13. The molecule has 0 spiro atoms. The van der Waals surface area contributed by atoms with Gasteiger partial charge in [0.1, 0.15) is 0 Å². The predicted octanol–water partition coefficient (Wildman–Crippen LogP) is 3.11. The van der Waals surface area contributed by atoms with E-state index in [-0.39, 0.29) is 18.4 Å². The Morgan fingerprint density at radius 2 is 1.86 bits per heavy atom. The van der Waals surface area contributed by atoms with Crippen molar-refractivity contribution in [2.45, 2.75) is 19.4 Å². The third kappa shape index (κ3) is 3.89. The van der Waals surface area contributed by atoms with Crippen LogP contribution in [-0.2, 0) is 6.42 Å². The molecule has 0 saturated heterocycles. The average Bonchev–Trinajstić information content (AvgIpc) is 2.50. The van der Waals surface area contributed by atoms with E-state index in [1.54, 1.807) is 6.07 Å². The molecule has 21 heavy (non-hydrogen) atoms. The number of aliphatic hydroxyl groups is 1. The van der Waals surface area contributed by atoms with Crippen molar-refractivity contribution in [1.82, 2.24) is 0 Å². The van der Waals surface area contributed by atoms with Gasteiger partial charge in [-0.1, -0.05) is 18.2 Å². The van der Waals surface area contributed by atoms with Crippen molar-refractivity contribution in [3.63, 3.8) is 0 Å². The number of aromatic hydroxyl groups is 1. The summed E-state index contributed by atoms with van der Waals surface area (Å²) in [6.07, 6.45) is 0.672. The van der Waals surface area contributed by atoms with E-state index in [1.807, 2.05) is 43.3 Å². The zero-order valence-corrected chi connectivity index (χ0v) is 12.3. The second-order valence-corrected chi connectivity index (χ2v) is 4.97. The Morgan fingerprint density at radius 1 is 1.14 bits per heavy atom. The highest BCUT2D eigenvalue weighted by molar-refractivity contribution is 5.49. The van der Waals surface area contributed by atoms with Crippen LogP contribution in [0.15, 0.2) is 42.5 Å². The maximum absolute atomic E-state index is 9.62. The van der Waals surface area contributed by atoms with Gasteiger partial charge in [0.15, 0.2) is 11.5 Å². The standard InChI is InChI=1S/C17H21NO3/c1-12(14-5-8-16(20)17(11-14)21-2)18-15-6-3-13(4-7-15)9-10-19/h3-8,11-12,18-20H,9-10H2,1-2H3. The minimum absolute atomic E-state index is 0.0863. The number of anilines is 1. The highest BCUT2D eigenvalue weighted by atomic mass is 16.5. The van der Waals surface area contributed by atoms with Crippen LogP contribution >= 0.6 is 0 Å². The maximum Gasteiger partial charge on any atom is 0.160 e. The van der Waals surface area contributed by atoms with Crippen LogP contribution < -0.4 is 10.1 Å². The number of aliphatic hydroxyl groups excluding tert-OH is 1. The zero-order valence-electron chi connectivity index (χ0n) is 12.3. The summed E-state index contributed by atoms with van der Waals surface area (Å²) in [5.74, 6) is 0.612. The lowest BCUT2D eigenvalue weighted by Crippen LogP contribution is -2.06. The molecule has 4 nitrogen and oxygen atoms in total. The molecule has 112 valence electrons. The largest absolute Gasteiger partial charge is 0.504 e. The topological polar surface area (TPSA) is 61.7 Å². The van der Waals surface area contributed by atoms with Crippen LogP contribution in [0.5, 0.6) is 11.5 Å².